The Morgan fingerprint density at radius 1 is 1.43 bits per heavy atom. The molecule has 7 heteroatoms. The number of hydrogen-bond donors (Lipinski definition) is 2. The minimum absolute atomic E-state index is 0.173. The first-order chi connectivity index (χ1) is 9.79. The van der Waals surface area contributed by atoms with Crippen molar-refractivity contribution in [3.8, 4) is 0 Å². The quantitative estimate of drug-likeness (QED) is 0.885. The molecule has 0 spiro atoms. The number of nitrogens with two attached hydrogens (primary N) is 1. The van der Waals surface area contributed by atoms with E-state index in [-0.39, 0.29) is 10.5 Å². The highest BCUT2D eigenvalue weighted by molar-refractivity contribution is 7.89. The minimum atomic E-state index is -3.97. The monoisotopic (exact) mass is 314 g/mol. The van der Waals surface area contributed by atoms with Crippen LogP contribution in [-0.2, 0) is 10.0 Å². The summed E-state index contributed by atoms with van der Waals surface area (Å²) in [4.78, 5) is 11.6. The smallest absolute Gasteiger partial charge is 0.254 e. The largest absolute Gasteiger partial charge is 0.352 e. The molecular formula is C14H19FN2O3S. The molecule has 1 aromatic rings. The summed E-state index contributed by atoms with van der Waals surface area (Å²) in [5, 5.41) is 7.62. The minimum Gasteiger partial charge on any atom is -0.352 e. The van der Waals surface area contributed by atoms with E-state index in [9.17, 15) is 17.6 Å². The number of primary sulfonamides is 1. The third-order valence-corrected chi connectivity index (χ3v) is 4.99. The van der Waals surface area contributed by atoms with Crippen LogP contribution in [0.25, 0.3) is 0 Å². The summed E-state index contributed by atoms with van der Waals surface area (Å²) in [6.07, 6.45) is 3.37. The molecule has 1 aromatic carbocycles. The molecule has 1 aliphatic rings. The zero-order chi connectivity index (χ0) is 15.6. The Morgan fingerprint density at radius 2 is 2.14 bits per heavy atom. The molecule has 2 unspecified atom stereocenters. The highest BCUT2D eigenvalue weighted by Gasteiger charge is 2.24. The average Bonchev–Trinajstić information content (AvgIpc) is 2.80. The molecule has 0 heterocycles. The number of halogens is 1. The van der Waals surface area contributed by atoms with Crippen LogP contribution in [0.4, 0.5) is 4.39 Å². The maximum atomic E-state index is 13.8. The summed E-state index contributed by atoms with van der Waals surface area (Å²) >= 11 is 0. The molecule has 1 fully saturated rings. The van der Waals surface area contributed by atoms with Gasteiger partial charge in [-0.15, -0.1) is 0 Å². The number of carbonyl (C=O) groups is 1. The molecular weight excluding hydrogens is 295 g/mol. The molecule has 0 bridgehead atoms. The highest BCUT2D eigenvalue weighted by atomic mass is 32.2. The van der Waals surface area contributed by atoms with Crippen LogP contribution in [0.5, 0.6) is 0 Å². The molecule has 5 nitrogen and oxygen atoms in total. The highest BCUT2D eigenvalue weighted by Crippen LogP contribution is 2.30. The van der Waals surface area contributed by atoms with Gasteiger partial charge in [-0.1, -0.05) is 19.8 Å². The third kappa shape index (κ3) is 3.79. The molecule has 116 valence electrons. The van der Waals surface area contributed by atoms with Gasteiger partial charge >= 0.3 is 0 Å². The Labute approximate surface area is 123 Å². The van der Waals surface area contributed by atoms with Crippen molar-refractivity contribution >= 4 is 15.9 Å². The maximum absolute atomic E-state index is 13.8. The van der Waals surface area contributed by atoms with Gasteiger partial charge in [-0.2, -0.15) is 0 Å². The van der Waals surface area contributed by atoms with E-state index < -0.39 is 21.7 Å². The van der Waals surface area contributed by atoms with Crippen molar-refractivity contribution < 1.29 is 17.6 Å². The van der Waals surface area contributed by atoms with E-state index in [1.807, 2.05) is 0 Å². The molecule has 21 heavy (non-hydrogen) atoms. The Hall–Kier alpha value is -1.47. The van der Waals surface area contributed by atoms with Gasteiger partial charge in [0.15, 0.2) is 0 Å². The molecule has 0 aliphatic heterocycles. The third-order valence-electron chi connectivity index (χ3n) is 4.08. The van der Waals surface area contributed by atoms with Gasteiger partial charge in [-0.05, 0) is 36.5 Å². The number of nitrogens with one attached hydrogen (secondary N) is 1. The summed E-state index contributed by atoms with van der Waals surface area (Å²) in [5.41, 5.74) is -0.173. The van der Waals surface area contributed by atoms with E-state index in [0.717, 1.165) is 37.5 Å². The molecule has 0 saturated heterocycles. The Kier molecular flexibility index (Phi) is 4.63. The van der Waals surface area contributed by atoms with Crippen LogP contribution >= 0.6 is 0 Å². The van der Waals surface area contributed by atoms with Crippen LogP contribution in [0.15, 0.2) is 23.1 Å². The van der Waals surface area contributed by atoms with Gasteiger partial charge < -0.3 is 5.32 Å². The number of carbonyl (C=O) groups excluding carboxylic acids is 1. The lowest BCUT2D eigenvalue weighted by molar-refractivity contribution is 0.0940. The van der Waals surface area contributed by atoms with E-state index in [4.69, 9.17) is 5.14 Å². The van der Waals surface area contributed by atoms with Crippen molar-refractivity contribution in [2.45, 2.75) is 31.1 Å². The predicted octanol–water partition coefficient (Wildman–Crippen LogP) is 1.64. The first-order valence-corrected chi connectivity index (χ1v) is 8.44. The number of amides is 1. The fraction of sp³-hybridized carbons (Fsp3) is 0.500. The van der Waals surface area contributed by atoms with Gasteiger partial charge in [-0.25, -0.2) is 17.9 Å². The van der Waals surface area contributed by atoms with E-state index in [2.05, 4.69) is 12.2 Å². The van der Waals surface area contributed by atoms with Crippen molar-refractivity contribution in [3.05, 3.63) is 29.6 Å². The van der Waals surface area contributed by atoms with Crippen LogP contribution in [-0.4, -0.2) is 20.9 Å². The zero-order valence-corrected chi connectivity index (χ0v) is 12.6. The van der Waals surface area contributed by atoms with Crippen LogP contribution in [0.1, 0.15) is 36.5 Å². The number of hydrogen-bond acceptors (Lipinski definition) is 3. The van der Waals surface area contributed by atoms with Gasteiger partial charge in [-0.3, -0.25) is 4.79 Å². The Balaban J connectivity index is 2.06. The predicted molar refractivity (Wildman–Crippen MR) is 76.6 cm³/mol. The summed E-state index contributed by atoms with van der Waals surface area (Å²) in [6.45, 7) is 2.65. The lowest BCUT2D eigenvalue weighted by Crippen LogP contribution is -2.31. The number of sulfonamides is 1. The summed E-state index contributed by atoms with van der Waals surface area (Å²) < 4.78 is 36.1. The van der Waals surface area contributed by atoms with Crippen molar-refractivity contribution in [1.29, 1.82) is 0 Å². The first-order valence-electron chi connectivity index (χ1n) is 6.89. The topological polar surface area (TPSA) is 89.3 Å². The van der Waals surface area contributed by atoms with E-state index in [1.165, 1.54) is 0 Å². The van der Waals surface area contributed by atoms with Crippen molar-refractivity contribution in [2.75, 3.05) is 6.54 Å². The average molecular weight is 314 g/mol. The van der Waals surface area contributed by atoms with E-state index in [1.54, 1.807) is 0 Å². The summed E-state index contributed by atoms with van der Waals surface area (Å²) in [5.74, 6) is -0.452. The normalized spacial score (nSPS) is 22.2. The Bertz CT molecular complexity index is 646. The van der Waals surface area contributed by atoms with Gasteiger partial charge in [0.2, 0.25) is 10.0 Å². The van der Waals surface area contributed by atoms with Crippen molar-refractivity contribution in [3.63, 3.8) is 0 Å². The molecule has 3 N–H and O–H groups in total. The zero-order valence-electron chi connectivity index (χ0n) is 11.8. The molecule has 0 aromatic heterocycles. The van der Waals surface area contributed by atoms with Crippen LogP contribution in [0, 0.1) is 17.7 Å². The second-order valence-corrected chi connectivity index (χ2v) is 7.13. The van der Waals surface area contributed by atoms with Gasteiger partial charge in [0, 0.05) is 6.54 Å². The number of benzene rings is 1. The second kappa shape index (κ2) is 6.11. The molecule has 2 atom stereocenters. The Morgan fingerprint density at radius 3 is 2.67 bits per heavy atom. The summed E-state index contributed by atoms with van der Waals surface area (Å²) in [6, 6.07) is 3.04. The van der Waals surface area contributed by atoms with Crippen molar-refractivity contribution in [1.82, 2.24) is 5.32 Å². The molecule has 1 aliphatic carbocycles. The maximum Gasteiger partial charge on any atom is 0.254 e. The van der Waals surface area contributed by atoms with Crippen LogP contribution in [0.3, 0.4) is 0 Å². The second-order valence-electron chi connectivity index (χ2n) is 5.56. The lowest BCUT2D eigenvalue weighted by Gasteiger charge is -2.16. The molecule has 0 radical (unpaired) electrons. The van der Waals surface area contributed by atoms with Crippen molar-refractivity contribution in [2.24, 2.45) is 17.0 Å². The SMILES string of the molecule is CC1CCCC1CNC(=O)c1ccc(S(N)(=O)=O)cc1F. The fourth-order valence-corrected chi connectivity index (χ4v) is 3.23. The van der Waals surface area contributed by atoms with Crippen LogP contribution < -0.4 is 10.5 Å². The molecule has 2 rings (SSSR count). The van der Waals surface area contributed by atoms with Crippen LogP contribution in [0.2, 0.25) is 0 Å². The number of rotatable bonds is 4. The van der Waals surface area contributed by atoms with E-state index >= 15 is 0 Å². The lowest BCUT2D eigenvalue weighted by atomic mass is 9.98. The fourth-order valence-electron chi connectivity index (χ4n) is 2.70. The van der Waals surface area contributed by atoms with Gasteiger partial charge in [0.1, 0.15) is 5.82 Å². The van der Waals surface area contributed by atoms with E-state index in [0.29, 0.717) is 18.4 Å². The van der Waals surface area contributed by atoms with Gasteiger partial charge in [0.25, 0.3) is 5.91 Å². The summed E-state index contributed by atoms with van der Waals surface area (Å²) in [7, 11) is -3.97. The first kappa shape index (κ1) is 15.9. The van der Waals surface area contributed by atoms with Gasteiger partial charge in [0.05, 0.1) is 10.5 Å². The molecule has 1 saturated carbocycles. The molecule has 1 amide bonds. The standard InChI is InChI=1S/C14H19FN2O3S/c1-9-3-2-4-10(9)8-17-14(18)12-6-5-11(7-13(12)15)21(16,19)20/h5-7,9-10H,2-4,8H2,1H3,(H,17,18)(H2,16,19,20).